The van der Waals surface area contributed by atoms with Gasteiger partial charge in [0, 0.05) is 5.57 Å². The molecule has 66 valence electrons. The van der Waals surface area contributed by atoms with Gasteiger partial charge in [-0.15, -0.1) is 0 Å². The van der Waals surface area contributed by atoms with Gasteiger partial charge in [0.2, 0.25) is 6.29 Å². The Morgan fingerprint density at radius 3 is 3.00 bits per heavy atom. The standard InChI is InChI=1S/C9H12O3/c1-5(10)8-6(2)12-9-7(8)3-4-11-9/h7,9H,3-4H2,1-2H3/t7-,9+/m0/s1. The molecule has 0 amide bonds. The lowest BCUT2D eigenvalue weighted by atomic mass is 9.95. The Balaban J connectivity index is 2.29. The molecule has 3 heteroatoms. The van der Waals surface area contributed by atoms with Crippen LogP contribution in [0.15, 0.2) is 11.3 Å². The van der Waals surface area contributed by atoms with Crippen LogP contribution in [0.3, 0.4) is 0 Å². The summed E-state index contributed by atoms with van der Waals surface area (Å²) < 4.78 is 10.7. The molecular weight excluding hydrogens is 156 g/mol. The summed E-state index contributed by atoms with van der Waals surface area (Å²) in [5.41, 5.74) is 0.831. The highest BCUT2D eigenvalue weighted by Crippen LogP contribution is 2.38. The summed E-state index contributed by atoms with van der Waals surface area (Å²) in [7, 11) is 0. The molecule has 0 radical (unpaired) electrons. The Labute approximate surface area is 71.3 Å². The van der Waals surface area contributed by atoms with E-state index in [1.54, 1.807) is 6.92 Å². The van der Waals surface area contributed by atoms with E-state index in [4.69, 9.17) is 9.47 Å². The molecule has 2 rings (SSSR count). The maximum absolute atomic E-state index is 11.2. The molecule has 0 aliphatic carbocycles. The van der Waals surface area contributed by atoms with Crippen molar-refractivity contribution in [3.63, 3.8) is 0 Å². The molecule has 0 aromatic heterocycles. The van der Waals surface area contributed by atoms with Crippen molar-refractivity contribution < 1.29 is 14.3 Å². The monoisotopic (exact) mass is 168 g/mol. The first kappa shape index (κ1) is 7.80. The van der Waals surface area contributed by atoms with Crippen molar-refractivity contribution in [3.05, 3.63) is 11.3 Å². The molecule has 2 heterocycles. The molecule has 0 aromatic carbocycles. The van der Waals surface area contributed by atoms with E-state index in [1.165, 1.54) is 0 Å². The van der Waals surface area contributed by atoms with E-state index in [1.807, 2.05) is 6.92 Å². The van der Waals surface area contributed by atoms with Crippen molar-refractivity contribution in [1.29, 1.82) is 0 Å². The number of carbonyl (C=O) groups excluding carboxylic acids is 1. The maximum atomic E-state index is 11.2. The quantitative estimate of drug-likeness (QED) is 0.591. The minimum atomic E-state index is -0.177. The molecular formula is C9H12O3. The summed E-state index contributed by atoms with van der Waals surface area (Å²) in [5.74, 6) is 1.06. The Morgan fingerprint density at radius 1 is 1.58 bits per heavy atom. The molecule has 1 saturated heterocycles. The van der Waals surface area contributed by atoms with Crippen LogP contribution in [0, 0.1) is 5.92 Å². The van der Waals surface area contributed by atoms with E-state index in [0.717, 1.165) is 17.8 Å². The van der Waals surface area contributed by atoms with Crippen LogP contribution >= 0.6 is 0 Å². The average Bonchev–Trinajstić information content (AvgIpc) is 2.44. The summed E-state index contributed by atoms with van der Waals surface area (Å²) in [6.07, 6.45) is 0.737. The highest BCUT2D eigenvalue weighted by atomic mass is 16.7. The van der Waals surface area contributed by atoms with Gasteiger partial charge in [0.15, 0.2) is 5.78 Å². The first-order valence-corrected chi connectivity index (χ1v) is 4.20. The average molecular weight is 168 g/mol. The summed E-state index contributed by atoms with van der Waals surface area (Å²) in [6.45, 7) is 4.13. The second-order valence-electron chi connectivity index (χ2n) is 3.28. The molecule has 0 unspecified atom stereocenters. The van der Waals surface area contributed by atoms with E-state index in [9.17, 15) is 4.79 Å². The summed E-state index contributed by atoms with van der Waals surface area (Å²) >= 11 is 0. The first-order chi connectivity index (χ1) is 5.70. The highest BCUT2D eigenvalue weighted by Gasteiger charge is 2.41. The molecule has 0 N–H and O–H groups in total. The first-order valence-electron chi connectivity index (χ1n) is 4.20. The number of allylic oxidation sites excluding steroid dienone is 1. The number of ether oxygens (including phenoxy) is 2. The summed E-state index contributed by atoms with van der Waals surface area (Å²) in [6, 6.07) is 0. The van der Waals surface area contributed by atoms with Gasteiger partial charge >= 0.3 is 0 Å². The summed E-state index contributed by atoms with van der Waals surface area (Å²) in [4.78, 5) is 11.2. The van der Waals surface area contributed by atoms with Crippen LogP contribution in [-0.2, 0) is 14.3 Å². The van der Waals surface area contributed by atoms with Crippen LogP contribution in [0.25, 0.3) is 0 Å². The van der Waals surface area contributed by atoms with Crippen molar-refractivity contribution in [2.24, 2.45) is 5.92 Å². The van der Waals surface area contributed by atoms with Gasteiger partial charge in [0.25, 0.3) is 0 Å². The van der Waals surface area contributed by atoms with Crippen molar-refractivity contribution >= 4 is 5.78 Å². The van der Waals surface area contributed by atoms with E-state index < -0.39 is 0 Å². The van der Waals surface area contributed by atoms with Gasteiger partial charge in [-0.25, -0.2) is 0 Å². The van der Waals surface area contributed by atoms with Crippen molar-refractivity contribution in [2.75, 3.05) is 6.61 Å². The highest BCUT2D eigenvalue weighted by molar-refractivity contribution is 5.94. The van der Waals surface area contributed by atoms with Crippen LogP contribution in [0.5, 0.6) is 0 Å². The van der Waals surface area contributed by atoms with Crippen LogP contribution in [0.2, 0.25) is 0 Å². The summed E-state index contributed by atoms with van der Waals surface area (Å²) in [5, 5.41) is 0. The second kappa shape index (κ2) is 2.59. The SMILES string of the molecule is CC(=O)C1=C(C)O[C@H]2OCC[C@@H]12. The van der Waals surface area contributed by atoms with Crippen molar-refractivity contribution in [2.45, 2.75) is 26.6 Å². The van der Waals surface area contributed by atoms with Crippen LogP contribution in [-0.4, -0.2) is 18.7 Å². The maximum Gasteiger partial charge on any atom is 0.206 e. The zero-order chi connectivity index (χ0) is 8.72. The van der Waals surface area contributed by atoms with E-state index in [-0.39, 0.29) is 18.0 Å². The lowest BCUT2D eigenvalue weighted by molar-refractivity contribution is -0.114. The Morgan fingerprint density at radius 2 is 2.33 bits per heavy atom. The van der Waals surface area contributed by atoms with Crippen LogP contribution in [0.1, 0.15) is 20.3 Å². The molecule has 0 bridgehead atoms. The topological polar surface area (TPSA) is 35.5 Å². The minimum Gasteiger partial charge on any atom is -0.468 e. The van der Waals surface area contributed by atoms with Gasteiger partial charge in [-0.2, -0.15) is 0 Å². The molecule has 12 heavy (non-hydrogen) atoms. The van der Waals surface area contributed by atoms with E-state index in [0.29, 0.717) is 6.61 Å². The van der Waals surface area contributed by atoms with Gasteiger partial charge in [-0.05, 0) is 20.3 Å². The Bertz CT molecular complexity index is 254. The third-order valence-corrected chi connectivity index (χ3v) is 2.46. The lowest BCUT2D eigenvalue weighted by Crippen LogP contribution is -2.15. The number of hydrogen-bond donors (Lipinski definition) is 0. The zero-order valence-electron chi connectivity index (χ0n) is 7.29. The Hall–Kier alpha value is -0.830. The predicted molar refractivity (Wildman–Crippen MR) is 42.3 cm³/mol. The lowest BCUT2D eigenvalue weighted by Gasteiger charge is -2.08. The van der Waals surface area contributed by atoms with E-state index >= 15 is 0 Å². The molecule has 0 aromatic rings. The molecule has 0 spiro atoms. The number of carbonyl (C=O) groups is 1. The molecule has 2 atom stereocenters. The fraction of sp³-hybridized carbons (Fsp3) is 0.667. The van der Waals surface area contributed by atoms with Gasteiger partial charge in [-0.3, -0.25) is 4.79 Å². The fourth-order valence-electron chi connectivity index (χ4n) is 1.97. The van der Waals surface area contributed by atoms with Gasteiger partial charge in [0.1, 0.15) is 5.76 Å². The molecule has 1 fully saturated rings. The second-order valence-corrected chi connectivity index (χ2v) is 3.28. The number of hydrogen-bond acceptors (Lipinski definition) is 3. The molecule has 2 aliphatic heterocycles. The normalized spacial score (nSPS) is 33.5. The van der Waals surface area contributed by atoms with Gasteiger partial charge in [0.05, 0.1) is 12.5 Å². The zero-order valence-corrected chi connectivity index (χ0v) is 7.29. The Kier molecular flexibility index (Phi) is 1.68. The van der Waals surface area contributed by atoms with E-state index in [2.05, 4.69) is 0 Å². The van der Waals surface area contributed by atoms with Crippen molar-refractivity contribution in [1.82, 2.24) is 0 Å². The van der Waals surface area contributed by atoms with Crippen LogP contribution in [0.4, 0.5) is 0 Å². The number of ketones is 1. The van der Waals surface area contributed by atoms with Crippen LogP contribution < -0.4 is 0 Å². The molecule has 2 aliphatic rings. The third kappa shape index (κ3) is 0.966. The smallest absolute Gasteiger partial charge is 0.206 e. The minimum absolute atomic E-state index is 0.116. The number of Topliss-reactive ketones (excluding diaryl/α,β-unsaturated/α-hetero) is 1. The number of fused-ring (bicyclic) bond motifs is 1. The van der Waals surface area contributed by atoms with Gasteiger partial charge < -0.3 is 9.47 Å². The molecule has 0 saturated carbocycles. The third-order valence-electron chi connectivity index (χ3n) is 2.46. The largest absolute Gasteiger partial charge is 0.468 e. The van der Waals surface area contributed by atoms with Gasteiger partial charge in [-0.1, -0.05) is 0 Å². The predicted octanol–water partition coefficient (Wildman–Crippen LogP) is 1.24. The van der Waals surface area contributed by atoms with Crippen molar-refractivity contribution in [3.8, 4) is 0 Å². The fourth-order valence-corrected chi connectivity index (χ4v) is 1.97. The number of rotatable bonds is 1. The molecule has 3 nitrogen and oxygen atoms in total.